The van der Waals surface area contributed by atoms with Gasteiger partial charge in [0.05, 0.1) is 25.8 Å². The number of hydrogen-bond acceptors (Lipinski definition) is 6. The predicted octanol–water partition coefficient (Wildman–Crippen LogP) is 5.17. The number of Topliss-reactive ketones (excluding diaryl/α,β-unsaturated/α-hetero) is 1. The highest BCUT2D eigenvalue weighted by Crippen LogP contribution is 2.28. The molecule has 1 N–H and O–H groups in total. The Bertz CT molecular complexity index is 1250. The number of aliphatic imine (C=N–C) groups is 1. The number of likely N-dealkylation sites (N-methyl/N-ethyl adjacent to an activating group) is 1. The number of anilines is 1. The Morgan fingerprint density at radius 2 is 1.89 bits per heavy atom. The highest BCUT2D eigenvalue weighted by molar-refractivity contribution is 9.10. The number of ether oxygens (including phenoxy) is 1. The fourth-order valence-electron chi connectivity index (χ4n) is 3.82. The number of aryl methyl sites for hydroxylation is 1. The standard InChI is InChI=1S/C26H25BrN4O3.CH4/c1-16-12-22(21(14-24(16)34-3)23(32)13-20-9-8-19(27)15-29-20)30-26(33)18-6-4-17(5-7-18)25-28-10-11-31(25)2;/h4-9,12,14-15H,10-11,13H2,1-3H3,(H,30,33);1H4. The Balaban J connectivity index is 0.00000342. The maximum Gasteiger partial charge on any atom is 0.255 e. The van der Waals surface area contributed by atoms with Crippen LogP contribution in [0.3, 0.4) is 0 Å². The van der Waals surface area contributed by atoms with Crippen molar-refractivity contribution < 1.29 is 14.3 Å². The van der Waals surface area contributed by atoms with Crippen LogP contribution in [0.4, 0.5) is 5.69 Å². The molecular formula is C27H29BrN4O3. The quantitative estimate of drug-likeness (QED) is 0.421. The van der Waals surface area contributed by atoms with Crippen LogP contribution in [0, 0.1) is 6.92 Å². The summed E-state index contributed by atoms with van der Waals surface area (Å²) in [6.07, 6.45) is 1.76. The molecule has 1 aromatic heterocycles. The molecular weight excluding hydrogens is 508 g/mol. The highest BCUT2D eigenvalue weighted by Gasteiger charge is 2.19. The van der Waals surface area contributed by atoms with Crippen LogP contribution in [0.1, 0.15) is 45.0 Å². The largest absolute Gasteiger partial charge is 0.496 e. The van der Waals surface area contributed by atoms with E-state index in [1.54, 1.807) is 43.6 Å². The van der Waals surface area contributed by atoms with Crippen LogP contribution in [0.25, 0.3) is 0 Å². The Hall–Kier alpha value is -3.52. The van der Waals surface area contributed by atoms with Gasteiger partial charge in [0.25, 0.3) is 5.91 Å². The fraction of sp³-hybridized carbons (Fsp3) is 0.259. The van der Waals surface area contributed by atoms with Gasteiger partial charge in [-0.1, -0.05) is 19.6 Å². The summed E-state index contributed by atoms with van der Waals surface area (Å²) in [4.78, 5) is 37.1. The molecule has 0 unspecified atom stereocenters. The number of pyridine rings is 1. The van der Waals surface area contributed by atoms with E-state index in [1.165, 1.54) is 0 Å². The number of methoxy groups -OCH3 is 1. The van der Waals surface area contributed by atoms with Crippen molar-refractivity contribution in [3.8, 4) is 5.75 Å². The van der Waals surface area contributed by atoms with Gasteiger partial charge in [0.2, 0.25) is 0 Å². The van der Waals surface area contributed by atoms with Crippen LogP contribution in [0.2, 0.25) is 0 Å². The minimum atomic E-state index is -0.298. The maximum atomic E-state index is 13.2. The number of amides is 1. The van der Waals surface area contributed by atoms with Gasteiger partial charge in [0.1, 0.15) is 11.6 Å². The van der Waals surface area contributed by atoms with Gasteiger partial charge in [-0.25, -0.2) is 0 Å². The maximum absolute atomic E-state index is 13.2. The summed E-state index contributed by atoms with van der Waals surface area (Å²) in [5.74, 6) is 1.04. The molecule has 2 aromatic carbocycles. The second kappa shape index (κ2) is 11.3. The highest BCUT2D eigenvalue weighted by atomic mass is 79.9. The van der Waals surface area contributed by atoms with Crippen LogP contribution < -0.4 is 10.1 Å². The van der Waals surface area contributed by atoms with Crippen molar-refractivity contribution in [2.75, 3.05) is 32.6 Å². The van der Waals surface area contributed by atoms with E-state index in [0.717, 1.165) is 34.5 Å². The molecule has 4 rings (SSSR count). The van der Waals surface area contributed by atoms with Gasteiger partial charge in [0.15, 0.2) is 5.78 Å². The van der Waals surface area contributed by atoms with E-state index in [9.17, 15) is 9.59 Å². The number of carbonyl (C=O) groups is 2. The van der Waals surface area contributed by atoms with Gasteiger partial charge in [-0.3, -0.25) is 19.6 Å². The van der Waals surface area contributed by atoms with Gasteiger partial charge in [0, 0.05) is 46.6 Å². The van der Waals surface area contributed by atoms with E-state index in [1.807, 2.05) is 32.2 Å². The van der Waals surface area contributed by atoms with Crippen LogP contribution in [-0.2, 0) is 6.42 Å². The van der Waals surface area contributed by atoms with Crippen molar-refractivity contribution in [1.82, 2.24) is 9.88 Å². The van der Waals surface area contributed by atoms with E-state index in [2.05, 4.69) is 36.1 Å². The Morgan fingerprint density at radius 1 is 1.14 bits per heavy atom. The Morgan fingerprint density at radius 3 is 2.49 bits per heavy atom. The van der Waals surface area contributed by atoms with E-state index in [-0.39, 0.29) is 25.5 Å². The van der Waals surface area contributed by atoms with Crippen molar-refractivity contribution >= 4 is 39.1 Å². The third-order valence-electron chi connectivity index (χ3n) is 5.68. The zero-order valence-corrected chi connectivity index (χ0v) is 20.8. The molecule has 0 spiro atoms. The van der Waals surface area contributed by atoms with Crippen molar-refractivity contribution in [2.24, 2.45) is 4.99 Å². The molecule has 0 saturated carbocycles. The van der Waals surface area contributed by atoms with Crippen molar-refractivity contribution in [3.63, 3.8) is 0 Å². The molecule has 1 aliphatic rings. The first kappa shape index (κ1) is 26.1. The lowest BCUT2D eigenvalue weighted by molar-refractivity contribution is 0.0992. The summed E-state index contributed by atoms with van der Waals surface area (Å²) >= 11 is 3.35. The number of benzene rings is 2. The van der Waals surface area contributed by atoms with E-state index < -0.39 is 0 Å². The molecule has 0 bridgehead atoms. The van der Waals surface area contributed by atoms with Crippen molar-refractivity contribution in [2.45, 2.75) is 20.8 Å². The molecule has 3 aromatic rings. The summed E-state index contributed by atoms with van der Waals surface area (Å²) in [5, 5.41) is 2.91. The predicted molar refractivity (Wildman–Crippen MR) is 143 cm³/mol. The number of carbonyl (C=O) groups excluding carboxylic acids is 2. The molecule has 0 fully saturated rings. The molecule has 7 nitrogen and oxygen atoms in total. The first-order valence-electron chi connectivity index (χ1n) is 10.9. The van der Waals surface area contributed by atoms with Crippen LogP contribution >= 0.6 is 15.9 Å². The molecule has 0 aliphatic carbocycles. The van der Waals surface area contributed by atoms with E-state index >= 15 is 0 Å². The second-order valence-electron chi connectivity index (χ2n) is 8.09. The van der Waals surface area contributed by atoms with Crippen LogP contribution in [0.5, 0.6) is 5.75 Å². The number of rotatable bonds is 7. The van der Waals surface area contributed by atoms with Gasteiger partial charge >= 0.3 is 0 Å². The molecule has 8 heteroatoms. The monoisotopic (exact) mass is 536 g/mol. The van der Waals surface area contributed by atoms with E-state index in [0.29, 0.717) is 28.3 Å². The lowest BCUT2D eigenvalue weighted by Crippen LogP contribution is -2.23. The van der Waals surface area contributed by atoms with E-state index in [4.69, 9.17) is 4.74 Å². The number of aromatic nitrogens is 1. The first-order valence-corrected chi connectivity index (χ1v) is 11.6. The molecule has 0 saturated heterocycles. The summed E-state index contributed by atoms with van der Waals surface area (Å²) < 4.78 is 6.25. The first-order chi connectivity index (χ1) is 16.4. The molecule has 0 radical (unpaired) electrons. The van der Waals surface area contributed by atoms with Crippen molar-refractivity contribution in [3.05, 3.63) is 87.1 Å². The lowest BCUT2D eigenvalue weighted by Gasteiger charge is -2.15. The smallest absolute Gasteiger partial charge is 0.255 e. The summed E-state index contributed by atoms with van der Waals surface area (Å²) in [6, 6.07) is 14.4. The second-order valence-corrected chi connectivity index (χ2v) is 9.01. The molecule has 2 heterocycles. The summed E-state index contributed by atoms with van der Waals surface area (Å²) in [5.41, 5.74) is 3.73. The average molecular weight is 537 g/mol. The normalized spacial score (nSPS) is 12.6. The number of amidine groups is 1. The van der Waals surface area contributed by atoms with Gasteiger partial charge in [-0.05, 0) is 64.8 Å². The molecule has 1 aliphatic heterocycles. The number of halogens is 1. The number of hydrogen-bond donors (Lipinski definition) is 1. The molecule has 1 amide bonds. The Kier molecular flexibility index (Phi) is 8.40. The third-order valence-corrected chi connectivity index (χ3v) is 6.15. The molecule has 35 heavy (non-hydrogen) atoms. The Labute approximate surface area is 214 Å². The number of nitrogens with zero attached hydrogens (tertiary/aromatic N) is 3. The van der Waals surface area contributed by atoms with Crippen LogP contribution in [0.15, 0.2) is 64.2 Å². The lowest BCUT2D eigenvalue weighted by atomic mass is 10.0. The summed E-state index contributed by atoms with van der Waals surface area (Å²) in [7, 11) is 3.56. The third kappa shape index (κ3) is 5.95. The van der Waals surface area contributed by atoms with Gasteiger partial charge in [-0.15, -0.1) is 0 Å². The minimum Gasteiger partial charge on any atom is -0.496 e. The van der Waals surface area contributed by atoms with Crippen LogP contribution in [-0.4, -0.2) is 54.7 Å². The van der Waals surface area contributed by atoms with Gasteiger partial charge in [-0.2, -0.15) is 0 Å². The zero-order chi connectivity index (χ0) is 24.2. The average Bonchev–Trinajstić information content (AvgIpc) is 3.26. The summed E-state index contributed by atoms with van der Waals surface area (Å²) in [6.45, 7) is 3.53. The topological polar surface area (TPSA) is 83.9 Å². The zero-order valence-electron chi connectivity index (χ0n) is 19.3. The fourth-order valence-corrected chi connectivity index (χ4v) is 4.06. The van der Waals surface area contributed by atoms with Crippen molar-refractivity contribution in [1.29, 1.82) is 0 Å². The number of ketones is 1. The number of nitrogens with one attached hydrogen (secondary N) is 1. The molecule has 0 atom stereocenters. The SMILES string of the molecule is C.COc1cc(C(=O)Cc2ccc(Br)cn2)c(NC(=O)c2ccc(C3=NCCN3C)cc2)cc1C. The molecule has 182 valence electrons. The van der Waals surface area contributed by atoms with Gasteiger partial charge < -0.3 is 15.0 Å². The minimum absolute atomic E-state index is 0.